The van der Waals surface area contributed by atoms with E-state index in [0.29, 0.717) is 6.42 Å². The van der Waals surface area contributed by atoms with Gasteiger partial charge in [0, 0.05) is 17.0 Å². The lowest BCUT2D eigenvalue weighted by atomic mass is 10.1. The van der Waals surface area contributed by atoms with Crippen molar-refractivity contribution in [1.82, 2.24) is 5.09 Å². The van der Waals surface area contributed by atoms with Gasteiger partial charge in [-0.3, -0.25) is 0 Å². The van der Waals surface area contributed by atoms with Crippen molar-refractivity contribution in [3.8, 4) is 11.5 Å². The summed E-state index contributed by atoms with van der Waals surface area (Å²) in [5.74, 6) is 2.62. The summed E-state index contributed by atoms with van der Waals surface area (Å²) >= 11 is 0. The molecule has 1 N–H and O–H groups in total. The van der Waals surface area contributed by atoms with Gasteiger partial charge in [-0.2, -0.15) is 0 Å². The minimum absolute atomic E-state index is 0.707. The molecule has 0 heterocycles. The topological polar surface area (TPSA) is 42.8 Å². The smallest absolute Gasteiger partial charge is 0.118 e. The lowest BCUT2D eigenvalue weighted by molar-refractivity contribution is 0.415. The van der Waals surface area contributed by atoms with Crippen LogP contribution >= 0.6 is 8.07 Å². The molecule has 4 aromatic carbocycles. The molecule has 0 unspecified atom stereocenters. The summed E-state index contributed by atoms with van der Waals surface area (Å²) < 4.78 is 10.8. The van der Waals surface area contributed by atoms with E-state index in [0.717, 1.165) is 23.0 Å². The minimum Gasteiger partial charge on any atom is -0.497 e. The van der Waals surface area contributed by atoms with E-state index in [-0.39, 0.29) is 0 Å². The molecule has 0 atom stereocenters. The van der Waals surface area contributed by atoms with Crippen LogP contribution in [0.25, 0.3) is 0 Å². The van der Waals surface area contributed by atoms with Crippen molar-refractivity contribution in [2.24, 2.45) is 4.99 Å². The van der Waals surface area contributed by atoms with Crippen LogP contribution in [0, 0.1) is 27.7 Å². The average molecular weight is 511 g/mol. The number of aryl methyl sites for hydroxylation is 4. The number of methoxy groups -OCH3 is 2. The maximum Gasteiger partial charge on any atom is 0.118 e. The van der Waals surface area contributed by atoms with Crippen molar-refractivity contribution in [1.29, 1.82) is 0 Å². The van der Waals surface area contributed by atoms with Gasteiger partial charge in [0.1, 0.15) is 17.3 Å². The molecule has 0 aromatic heterocycles. The normalized spacial score (nSPS) is 11.5. The van der Waals surface area contributed by atoms with Crippen LogP contribution in [-0.4, -0.2) is 20.1 Å². The van der Waals surface area contributed by atoms with Crippen molar-refractivity contribution in [2.45, 2.75) is 34.1 Å². The van der Waals surface area contributed by atoms with Gasteiger partial charge in [0.05, 0.1) is 28.0 Å². The number of rotatable bonds is 8. The highest BCUT2D eigenvalue weighted by molar-refractivity contribution is 7.71. The van der Waals surface area contributed by atoms with Gasteiger partial charge in [0.25, 0.3) is 0 Å². The second kappa shape index (κ2) is 12.1. The maximum absolute atomic E-state index is 5.42. The molecule has 0 aliphatic heterocycles. The Morgan fingerprint density at radius 1 is 0.676 bits per heavy atom. The average Bonchev–Trinajstić information content (AvgIpc) is 2.90. The summed E-state index contributed by atoms with van der Waals surface area (Å²) in [6.07, 6.45) is 0.707. The molecule has 4 aromatic rings. The molecule has 37 heavy (non-hydrogen) atoms. The van der Waals surface area contributed by atoms with Crippen LogP contribution in [0.15, 0.2) is 89.9 Å². The number of aliphatic imine (C=N–C) groups is 1. The number of hydrogen-bond acceptors (Lipinski definition) is 3. The van der Waals surface area contributed by atoms with E-state index in [1.165, 1.54) is 38.4 Å². The largest absolute Gasteiger partial charge is 0.497 e. The number of nitrogens with zero attached hydrogens (tertiary/aromatic N) is 1. The molecule has 0 amide bonds. The molecule has 4 rings (SSSR count). The Morgan fingerprint density at radius 2 is 1.16 bits per heavy atom. The molecule has 0 radical (unpaired) electrons. The van der Waals surface area contributed by atoms with E-state index in [2.05, 4.69) is 93.4 Å². The van der Waals surface area contributed by atoms with Crippen molar-refractivity contribution in [2.75, 3.05) is 14.2 Å². The van der Waals surface area contributed by atoms with Crippen molar-refractivity contribution in [3.05, 3.63) is 113 Å². The second-order valence-electron chi connectivity index (χ2n) is 9.31. The first-order valence-electron chi connectivity index (χ1n) is 12.4. The maximum atomic E-state index is 5.42. The zero-order valence-electron chi connectivity index (χ0n) is 22.5. The Kier molecular flexibility index (Phi) is 8.63. The van der Waals surface area contributed by atoms with Crippen LogP contribution in [0.3, 0.4) is 0 Å². The molecule has 0 aliphatic rings. The monoisotopic (exact) mass is 510 g/mol. The van der Waals surface area contributed by atoms with Gasteiger partial charge < -0.3 is 14.6 Å². The number of benzene rings is 4. The summed E-state index contributed by atoms with van der Waals surface area (Å²) in [4.78, 5) is 5.25. The Bertz CT molecular complexity index is 1290. The molecular formula is C32H35N2O2P. The van der Waals surface area contributed by atoms with Crippen LogP contribution < -0.4 is 25.2 Å². The highest BCUT2D eigenvalue weighted by Crippen LogP contribution is 2.32. The molecule has 0 aliphatic carbocycles. The molecule has 0 saturated carbocycles. The van der Waals surface area contributed by atoms with Crippen LogP contribution in [0.5, 0.6) is 11.5 Å². The SMILES string of the molecule is COc1ccc(P(N/C(Cc2ccc(C)cc2)=N/c2c(C)cc(C)cc2C)c2ccc(OC)cc2)cc1. The van der Waals surface area contributed by atoms with Gasteiger partial charge in [0.15, 0.2) is 0 Å². The Labute approximate surface area is 222 Å². The molecule has 4 nitrogen and oxygen atoms in total. The summed E-state index contributed by atoms with van der Waals surface area (Å²) in [5.41, 5.74) is 7.11. The third kappa shape index (κ3) is 6.78. The van der Waals surface area contributed by atoms with Gasteiger partial charge in [0.2, 0.25) is 0 Å². The van der Waals surface area contributed by atoms with E-state index < -0.39 is 8.07 Å². The highest BCUT2D eigenvalue weighted by Gasteiger charge is 2.18. The number of hydrogen-bond donors (Lipinski definition) is 1. The summed E-state index contributed by atoms with van der Waals surface area (Å²) in [6, 6.07) is 29.7. The van der Waals surface area contributed by atoms with E-state index in [9.17, 15) is 0 Å². The van der Waals surface area contributed by atoms with Crippen LogP contribution in [0.1, 0.15) is 27.8 Å². The summed E-state index contributed by atoms with van der Waals surface area (Å²) in [5, 5.41) is 6.25. The fraction of sp³-hybridized carbons (Fsp3) is 0.219. The first-order valence-corrected chi connectivity index (χ1v) is 13.8. The van der Waals surface area contributed by atoms with Crippen molar-refractivity contribution in [3.63, 3.8) is 0 Å². The molecule has 5 heteroatoms. The van der Waals surface area contributed by atoms with Crippen LogP contribution in [0.2, 0.25) is 0 Å². The lowest BCUT2D eigenvalue weighted by Gasteiger charge is -2.23. The van der Waals surface area contributed by atoms with E-state index >= 15 is 0 Å². The Balaban J connectivity index is 1.79. The molecule has 0 spiro atoms. The summed E-state index contributed by atoms with van der Waals surface area (Å²) in [7, 11) is 2.44. The van der Waals surface area contributed by atoms with Crippen molar-refractivity contribution >= 4 is 30.2 Å². The molecule has 0 bridgehead atoms. The third-order valence-electron chi connectivity index (χ3n) is 6.28. The third-order valence-corrected chi connectivity index (χ3v) is 8.39. The fourth-order valence-corrected chi connectivity index (χ4v) is 6.19. The number of ether oxygens (including phenoxy) is 2. The summed E-state index contributed by atoms with van der Waals surface area (Å²) in [6.45, 7) is 8.52. The lowest BCUT2D eigenvalue weighted by Crippen LogP contribution is -2.30. The fourth-order valence-electron chi connectivity index (χ4n) is 4.36. The minimum atomic E-state index is -0.941. The highest BCUT2D eigenvalue weighted by atomic mass is 31.1. The quantitative estimate of drug-likeness (QED) is 0.160. The van der Waals surface area contributed by atoms with E-state index in [1.54, 1.807) is 14.2 Å². The van der Waals surface area contributed by atoms with Crippen molar-refractivity contribution < 1.29 is 9.47 Å². The predicted octanol–water partition coefficient (Wildman–Crippen LogP) is 6.85. The molecule has 0 saturated heterocycles. The second-order valence-corrected chi connectivity index (χ2v) is 11.2. The van der Waals surface area contributed by atoms with Gasteiger partial charge in [-0.25, -0.2) is 4.99 Å². The van der Waals surface area contributed by atoms with Crippen LogP contribution in [-0.2, 0) is 6.42 Å². The molecular weight excluding hydrogens is 475 g/mol. The first kappa shape index (κ1) is 26.4. The van der Waals surface area contributed by atoms with E-state index in [4.69, 9.17) is 14.5 Å². The number of amidine groups is 1. The Hall–Kier alpha value is -3.62. The predicted molar refractivity (Wildman–Crippen MR) is 158 cm³/mol. The van der Waals surface area contributed by atoms with Gasteiger partial charge >= 0.3 is 0 Å². The zero-order valence-corrected chi connectivity index (χ0v) is 23.4. The van der Waals surface area contributed by atoms with Gasteiger partial charge in [-0.15, -0.1) is 0 Å². The Morgan fingerprint density at radius 3 is 1.62 bits per heavy atom. The number of nitrogens with one attached hydrogen (secondary N) is 1. The van der Waals surface area contributed by atoms with Crippen LogP contribution in [0.4, 0.5) is 5.69 Å². The first-order chi connectivity index (χ1) is 17.9. The van der Waals surface area contributed by atoms with Gasteiger partial charge in [-0.05, 0) is 92.9 Å². The van der Waals surface area contributed by atoms with E-state index in [1.807, 2.05) is 24.3 Å². The molecule has 0 fully saturated rings. The van der Waals surface area contributed by atoms with Gasteiger partial charge in [-0.1, -0.05) is 47.5 Å². The molecule has 190 valence electrons. The standard InChI is InChI=1S/C32H35N2O2P/c1-22-7-9-26(10-8-22)21-31(33-32-24(3)19-23(2)20-25(32)4)34-37(29-15-11-27(35-5)12-16-29)30-17-13-28(36-6)14-18-30/h7-20H,21H2,1-6H3,(H,33,34). The zero-order chi connectivity index (χ0) is 26.4.